The number of carbonyl (C=O) groups is 1. The van der Waals surface area contributed by atoms with Crippen LogP contribution in [0.15, 0.2) is 24.3 Å². The van der Waals surface area contributed by atoms with Crippen LogP contribution in [0.1, 0.15) is 51.1 Å². The van der Waals surface area contributed by atoms with E-state index in [9.17, 15) is 14.3 Å². The van der Waals surface area contributed by atoms with Crippen molar-refractivity contribution >= 4 is 5.97 Å². The molecular weight excluding hydrogens is 269 g/mol. The highest BCUT2D eigenvalue weighted by Gasteiger charge is 2.41. The lowest BCUT2D eigenvalue weighted by molar-refractivity contribution is -0.153. The van der Waals surface area contributed by atoms with Crippen LogP contribution >= 0.6 is 0 Å². The van der Waals surface area contributed by atoms with E-state index in [1.807, 2.05) is 19.1 Å². The van der Waals surface area contributed by atoms with Crippen LogP contribution in [0.4, 0.5) is 4.39 Å². The Bertz CT molecular complexity index is 478. The second-order valence-electron chi connectivity index (χ2n) is 6.10. The lowest BCUT2D eigenvalue weighted by atomic mass is 9.74. The Morgan fingerprint density at radius 3 is 2.38 bits per heavy atom. The third kappa shape index (κ3) is 3.43. The van der Waals surface area contributed by atoms with Crippen LogP contribution in [0.25, 0.3) is 0 Å². The van der Waals surface area contributed by atoms with E-state index < -0.39 is 11.4 Å². The Balaban J connectivity index is 2.02. The Morgan fingerprint density at radius 2 is 1.90 bits per heavy atom. The molecule has 4 heteroatoms. The first kappa shape index (κ1) is 16.0. The van der Waals surface area contributed by atoms with Gasteiger partial charge in [0.1, 0.15) is 5.82 Å². The monoisotopic (exact) mass is 293 g/mol. The molecule has 1 saturated heterocycles. The van der Waals surface area contributed by atoms with E-state index in [0.717, 1.165) is 31.5 Å². The van der Waals surface area contributed by atoms with Crippen molar-refractivity contribution in [1.82, 2.24) is 4.90 Å². The average Bonchev–Trinajstić information content (AvgIpc) is 2.48. The number of carboxylic acid groups (broad SMARTS) is 1. The van der Waals surface area contributed by atoms with Crippen molar-refractivity contribution < 1.29 is 14.3 Å². The van der Waals surface area contributed by atoms with E-state index in [1.54, 1.807) is 0 Å². The number of nitrogens with zero attached hydrogens (tertiary/aromatic N) is 1. The molecule has 0 radical (unpaired) electrons. The predicted octanol–water partition coefficient (Wildman–Crippen LogP) is 3.85. The van der Waals surface area contributed by atoms with Gasteiger partial charge in [-0.3, -0.25) is 9.69 Å². The van der Waals surface area contributed by atoms with Crippen LogP contribution in [-0.2, 0) is 4.79 Å². The molecule has 1 N–H and O–H groups in total. The lowest BCUT2D eigenvalue weighted by Gasteiger charge is -2.41. The second-order valence-corrected chi connectivity index (χ2v) is 6.10. The SMILES string of the molecule is CCCC1(C(=O)O)CCN(C(C)c2ccc(F)cc2)CC1. The zero-order valence-electron chi connectivity index (χ0n) is 12.8. The van der Waals surface area contributed by atoms with Crippen molar-refractivity contribution in [2.45, 2.75) is 45.6 Å². The molecule has 1 aliphatic heterocycles. The summed E-state index contributed by atoms with van der Waals surface area (Å²) in [4.78, 5) is 13.9. The molecule has 2 rings (SSSR count). The fourth-order valence-corrected chi connectivity index (χ4v) is 3.34. The highest BCUT2D eigenvalue weighted by molar-refractivity contribution is 5.74. The highest BCUT2D eigenvalue weighted by Crippen LogP contribution is 2.38. The maximum atomic E-state index is 13.0. The summed E-state index contributed by atoms with van der Waals surface area (Å²) in [5, 5.41) is 9.53. The summed E-state index contributed by atoms with van der Waals surface area (Å²) >= 11 is 0. The molecule has 0 aliphatic carbocycles. The van der Waals surface area contributed by atoms with Crippen LogP contribution in [0, 0.1) is 11.2 Å². The van der Waals surface area contributed by atoms with Crippen LogP contribution in [0.5, 0.6) is 0 Å². The number of likely N-dealkylation sites (tertiary alicyclic amines) is 1. The lowest BCUT2D eigenvalue weighted by Crippen LogP contribution is -2.45. The van der Waals surface area contributed by atoms with Crippen molar-refractivity contribution in [2.24, 2.45) is 5.41 Å². The molecule has 0 aromatic heterocycles. The van der Waals surface area contributed by atoms with Crippen molar-refractivity contribution in [3.8, 4) is 0 Å². The van der Waals surface area contributed by atoms with Crippen LogP contribution in [0.3, 0.4) is 0 Å². The van der Waals surface area contributed by atoms with E-state index in [2.05, 4.69) is 11.8 Å². The Kier molecular flexibility index (Phi) is 4.99. The number of aliphatic carboxylic acids is 1. The first-order valence-electron chi connectivity index (χ1n) is 7.71. The summed E-state index contributed by atoms with van der Waals surface area (Å²) in [6.07, 6.45) is 3.05. The summed E-state index contributed by atoms with van der Waals surface area (Å²) in [7, 11) is 0. The normalized spacial score (nSPS) is 20.1. The topological polar surface area (TPSA) is 40.5 Å². The average molecular weight is 293 g/mol. The summed E-state index contributed by atoms with van der Waals surface area (Å²) in [5.74, 6) is -0.879. The fraction of sp³-hybridized carbons (Fsp3) is 0.588. The predicted molar refractivity (Wildman–Crippen MR) is 80.6 cm³/mol. The van der Waals surface area contributed by atoms with Crippen LogP contribution < -0.4 is 0 Å². The molecule has 1 atom stereocenters. The summed E-state index contributed by atoms with van der Waals surface area (Å²) < 4.78 is 13.0. The van der Waals surface area contributed by atoms with Gasteiger partial charge in [0, 0.05) is 6.04 Å². The molecule has 0 saturated carbocycles. The molecule has 3 nitrogen and oxygen atoms in total. The number of hydrogen-bond donors (Lipinski definition) is 1. The molecule has 0 amide bonds. The standard InChI is InChI=1S/C17H24FNO2/c1-3-8-17(16(20)21)9-11-19(12-10-17)13(2)14-4-6-15(18)7-5-14/h4-7,13H,3,8-12H2,1-2H3,(H,20,21). The van der Waals surface area contributed by atoms with Crippen LogP contribution in [-0.4, -0.2) is 29.1 Å². The van der Waals surface area contributed by atoms with Crippen molar-refractivity contribution in [1.29, 1.82) is 0 Å². The van der Waals surface area contributed by atoms with Gasteiger partial charge in [0.25, 0.3) is 0 Å². The van der Waals surface area contributed by atoms with Gasteiger partial charge in [-0.05, 0) is 57.0 Å². The van der Waals surface area contributed by atoms with E-state index in [4.69, 9.17) is 0 Å². The quantitative estimate of drug-likeness (QED) is 0.896. The molecule has 1 unspecified atom stereocenters. The van der Waals surface area contributed by atoms with Gasteiger partial charge in [0.05, 0.1) is 5.41 Å². The zero-order valence-corrected chi connectivity index (χ0v) is 12.8. The molecule has 116 valence electrons. The number of hydrogen-bond acceptors (Lipinski definition) is 2. The molecule has 1 heterocycles. The summed E-state index contributed by atoms with van der Waals surface area (Å²) in [6.45, 7) is 5.70. The largest absolute Gasteiger partial charge is 0.481 e. The molecule has 1 aliphatic rings. The van der Waals surface area contributed by atoms with E-state index in [-0.39, 0.29) is 11.9 Å². The maximum absolute atomic E-state index is 13.0. The third-order valence-corrected chi connectivity index (χ3v) is 4.84. The highest BCUT2D eigenvalue weighted by atomic mass is 19.1. The van der Waals surface area contributed by atoms with E-state index in [0.29, 0.717) is 12.8 Å². The number of carboxylic acids is 1. The number of halogens is 1. The maximum Gasteiger partial charge on any atom is 0.309 e. The minimum Gasteiger partial charge on any atom is -0.481 e. The van der Waals surface area contributed by atoms with Gasteiger partial charge in [-0.15, -0.1) is 0 Å². The van der Waals surface area contributed by atoms with Crippen molar-refractivity contribution in [3.63, 3.8) is 0 Å². The molecule has 1 fully saturated rings. The van der Waals surface area contributed by atoms with Crippen LogP contribution in [0.2, 0.25) is 0 Å². The van der Waals surface area contributed by atoms with E-state index >= 15 is 0 Å². The zero-order chi connectivity index (χ0) is 15.5. The summed E-state index contributed by atoms with van der Waals surface area (Å²) in [6, 6.07) is 6.78. The minimum absolute atomic E-state index is 0.194. The second kappa shape index (κ2) is 6.56. The van der Waals surface area contributed by atoms with Gasteiger partial charge < -0.3 is 5.11 Å². The molecule has 1 aromatic rings. The van der Waals surface area contributed by atoms with Crippen molar-refractivity contribution in [2.75, 3.05) is 13.1 Å². The molecule has 0 spiro atoms. The fourth-order valence-electron chi connectivity index (χ4n) is 3.34. The Labute approximate surface area is 125 Å². The van der Waals surface area contributed by atoms with Gasteiger partial charge in [-0.25, -0.2) is 4.39 Å². The molecule has 0 bridgehead atoms. The first-order valence-corrected chi connectivity index (χ1v) is 7.71. The smallest absolute Gasteiger partial charge is 0.309 e. The van der Waals surface area contributed by atoms with Gasteiger partial charge in [0.2, 0.25) is 0 Å². The van der Waals surface area contributed by atoms with E-state index in [1.165, 1.54) is 12.1 Å². The molecule has 1 aromatic carbocycles. The molecule has 21 heavy (non-hydrogen) atoms. The third-order valence-electron chi connectivity index (χ3n) is 4.84. The summed E-state index contributed by atoms with van der Waals surface area (Å²) in [5.41, 5.74) is 0.531. The Morgan fingerprint density at radius 1 is 1.33 bits per heavy atom. The van der Waals surface area contributed by atoms with Gasteiger partial charge in [-0.2, -0.15) is 0 Å². The molecular formula is C17H24FNO2. The number of rotatable bonds is 5. The number of benzene rings is 1. The number of piperidine rings is 1. The van der Waals surface area contributed by atoms with Gasteiger partial charge in [-0.1, -0.05) is 25.5 Å². The first-order chi connectivity index (χ1) is 9.98. The Hall–Kier alpha value is -1.42. The van der Waals surface area contributed by atoms with Gasteiger partial charge >= 0.3 is 5.97 Å². The van der Waals surface area contributed by atoms with Gasteiger partial charge in [0.15, 0.2) is 0 Å². The minimum atomic E-state index is -0.654. The van der Waals surface area contributed by atoms with Crippen molar-refractivity contribution in [3.05, 3.63) is 35.6 Å².